The summed E-state index contributed by atoms with van der Waals surface area (Å²) in [4.78, 5) is 8.57. The van der Waals surface area contributed by atoms with Crippen molar-refractivity contribution in [3.63, 3.8) is 0 Å². The van der Waals surface area contributed by atoms with Gasteiger partial charge in [-0.2, -0.15) is 0 Å². The van der Waals surface area contributed by atoms with Crippen molar-refractivity contribution in [1.82, 2.24) is 15.3 Å². The van der Waals surface area contributed by atoms with Crippen molar-refractivity contribution in [2.24, 2.45) is 0 Å². The third-order valence-corrected chi connectivity index (χ3v) is 4.09. The fourth-order valence-corrected chi connectivity index (χ4v) is 2.39. The van der Waals surface area contributed by atoms with Gasteiger partial charge in [0.25, 0.3) is 0 Å². The van der Waals surface area contributed by atoms with Gasteiger partial charge in [0.05, 0.1) is 11.9 Å². The summed E-state index contributed by atoms with van der Waals surface area (Å²) in [6.07, 6.45) is 8.02. The Morgan fingerprint density at radius 2 is 2.00 bits per heavy atom. The van der Waals surface area contributed by atoms with E-state index in [1.54, 1.807) is 0 Å². The molecule has 1 saturated carbocycles. The predicted molar refractivity (Wildman–Crippen MR) is 81.7 cm³/mol. The molecule has 2 N–H and O–H groups in total. The van der Waals surface area contributed by atoms with Gasteiger partial charge >= 0.3 is 0 Å². The summed E-state index contributed by atoms with van der Waals surface area (Å²) in [6.45, 7) is 2.99. The minimum atomic E-state index is 0.293. The fourth-order valence-electron chi connectivity index (χ4n) is 2.39. The molecule has 4 nitrogen and oxygen atoms in total. The monoisotopic (exact) mass is 268 g/mol. The van der Waals surface area contributed by atoms with Crippen LogP contribution >= 0.6 is 0 Å². The molecular weight excluding hydrogens is 248 g/mol. The minimum Gasteiger partial charge on any atom is -0.382 e. The van der Waals surface area contributed by atoms with Crippen LogP contribution < -0.4 is 10.6 Å². The highest BCUT2D eigenvalue weighted by Crippen LogP contribution is 2.35. The van der Waals surface area contributed by atoms with Crippen molar-refractivity contribution in [3.05, 3.63) is 42.5 Å². The Kier molecular flexibility index (Phi) is 3.40. The van der Waals surface area contributed by atoms with Crippen molar-refractivity contribution in [2.75, 3.05) is 18.9 Å². The van der Waals surface area contributed by atoms with Crippen LogP contribution in [0.4, 0.5) is 5.69 Å². The van der Waals surface area contributed by atoms with E-state index in [0.29, 0.717) is 5.54 Å². The van der Waals surface area contributed by atoms with Crippen LogP contribution in [0.15, 0.2) is 36.8 Å². The highest BCUT2D eigenvalue weighted by molar-refractivity contribution is 5.69. The zero-order chi connectivity index (χ0) is 14.0. The number of aryl methyl sites for hydroxylation is 1. The maximum absolute atomic E-state index is 4.50. The molecule has 2 aromatic rings. The molecule has 0 radical (unpaired) electrons. The van der Waals surface area contributed by atoms with Gasteiger partial charge in [0, 0.05) is 35.7 Å². The Morgan fingerprint density at radius 3 is 2.65 bits per heavy atom. The molecule has 0 atom stereocenters. The number of aromatic nitrogens is 2. The third-order valence-electron chi connectivity index (χ3n) is 4.09. The van der Waals surface area contributed by atoms with Gasteiger partial charge in [-0.1, -0.05) is 0 Å². The lowest BCUT2D eigenvalue weighted by Crippen LogP contribution is -2.34. The molecule has 0 unspecified atom stereocenters. The SMILES string of the molecule is CNC1(CNc2cnc(C)c(-c3ccncc3)c2)CC1. The van der Waals surface area contributed by atoms with E-state index in [1.807, 2.05) is 44.7 Å². The van der Waals surface area contributed by atoms with Crippen LogP contribution in [-0.2, 0) is 0 Å². The summed E-state index contributed by atoms with van der Waals surface area (Å²) in [5.41, 5.74) is 4.72. The van der Waals surface area contributed by atoms with Crippen LogP contribution in [0.1, 0.15) is 18.5 Å². The summed E-state index contributed by atoms with van der Waals surface area (Å²) in [5, 5.41) is 6.88. The van der Waals surface area contributed by atoms with Gasteiger partial charge in [-0.3, -0.25) is 9.97 Å². The molecule has 0 bridgehead atoms. The molecule has 3 rings (SSSR count). The van der Waals surface area contributed by atoms with Gasteiger partial charge < -0.3 is 10.6 Å². The number of hydrogen-bond donors (Lipinski definition) is 2. The van der Waals surface area contributed by atoms with Crippen molar-refractivity contribution in [1.29, 1.82) is 0 Å². The van der Waals surface area contributed by atoms with Gasteiger partial charge in [0.1, 0.15) is 0 Å². The van der Waals surface area contributed by atoms with E-state index < -0.39 is 0 Å². The third kappa shape index (κ3) is 2.65. The van der Waals surface area contributed by atoms with Crippen molar-refractivity contribution >= 4 is 5.69 Å². The second-order valence-electron chi connectivity index (χ2n) is 5.48. The van der Waals surface area contributed by atoms with Gasteiger partial charge in [-0.15, -0.1) is 0 Å². The highest BCUT2D eigenvalue weighted by Gasteiger charge is 2.40. The van der Waals surface area contributed by atoms with Crippen LogP contribution in [0.2, 0.25) is 0 Å². The lowest BCUT2D eigenvalue weighted by molar-refractivity contribution is 0.578. The van der Waals surface area contributed by atoms with Gasteiger partial charge in [0.2, 0.25) is 0 Å². The average Bonchev–Trinajstić information content (AvgIpc) is 3.28. The summed E-state index contributed by atoms with van der Waals surface area (Å²) < 4.78 is 0. The summed E-state index contributed by atoms with van der Waals surface area (Å²) in [6, 6.07) is 6.21. The number of likely N-dealkylation sites (N-methyl/N-ethyl adjacent to an activating group) is 1. The maximum Gasteiger partial charge on any atom is 0.0533 e. The first kappa shape index (κ1) is 13.1. The summed E-state index contributed by atoms with van der Waals surface area (Å²) >= 11 is 0. The van der Waals surface area contributed by atoms with E-state index in [-0.39, 0.29) is 0 Å². The predicted octanol–water partition coefficient (Wildman–Crippen LogP) is 2.62. The molecule has 4 heteroatoms. The Hall–Kier alpha value is -1.94. The first-order chi connectivity index (χ1) is 9.72. The lowest BCUT2D eigenvalue weighted by atomic mass is 10.1. The maximum atomic E-state index is 4.50. The molecule has 1 fully saturated rings. The number of anilines is 1. The van der Waals surface area contributed by atoms with Crippen LogP contribution in [0.3, 0.4) is 0 Å². The number of nitrogens with one attached hydrogen (secondary N) is 2. The summed E-state index contributed by atoms with van der Waals surface area (Å²) in [5.74, 6) is 0. The molecule has 0 saturated heterocycles. The molecule has 1 aliphatic rings. The zero-order valence-corrected chi connectivity index (χ0v) is 12.0. The zero-order valence-electron chi connectivity index (χ0n) is 12.0. The van der Waals surface area contributed by atoms with E-state index in [9.17, 15) is 0 Å². The molecule has 104 valence electrons. The molecule has 0 spiro atoms. The second kappa shape index (κ2) is 5.21. The van der Waals surface area contributed by atoms with Crippen LogP contribution in [0.5, 0.6) is 0 Å². The number of rotatable bonds is 5. The topological polar surface area (TPSA) is 49.8 Å². The Balaban J connectivity index is 1.80. The number of pyridine rings is 2. The normalized spacial score (nSPS) is 15.9. The molecule has 1 aliphatic carbocycles. The molecule has 20 heavy (non-hydrogen) atoms. The smallest absolute Gasteiger partial charge is 0.0533 e. The van der Waals surface area contributed by atoms with Gasteiger partial charge in [0.15, 0.2) is 0 Å². The van der Waals surface area contributed by atoms with E-state index in [4.69, 9.17) is 0 Å². The first-order valence-corrected chi connectivity index (χ1v) is 7.02. The Labute approximate surface area is 119 Å². The van der Waals surface area contributed by atoms with Gasteiger partial charge in [-0.25, -0.2) is 0 Å². The first-order valence-electron chi connectivity index (χ1n) is 7.02. The largest absolute Gasteiger partial charge is 0.382 e. The second-order valence-corrected chi connectivity index (χ2v) is 5.48. The number of nitrogens with zero attached hydrogens (tertiary/aromatic N) is 2. The standard InChI is InChI=1S/C16H20N4/c1-12-15(13-3-7-18-8-4-13)9-14(10-19-12)20-11-16(17-2)5-6-16/h3-4,7-10,17,20H,5-6,11H2,1-2H3. The van der Waals surface area contributed by atoms with Crippen molar-refractivity contribution < 1.29 is 0 Å². The lowest BCUT2D eigenvalue weighted by Gasteiger charge is -2.16. The molecule has 0 aromatic carbocycles. The van der Waals surface area contributed by atoms with E-state index >= 15 is 0 Å². The Bertz CT molecular complexity index is 591. The molecular formula is C16H20N4. The quantitative estimate of drug-likeness (QED) is 0.875. The van der Waals surface area contributed by atoms with Crippen molar-refractivity contribution in [3.8, 4) is 11.1 Å². The average molecular weight is 268 g/mol. The summed E-state index contributed by atoms with van der Waals surface area (Å²) in [7, 11) is 2.03. The van der Waals surface area contributed by atoms with Gasteiger partial charge in [-0.05, 0) is 50.6 Å². The van der Waals surface area contributed by atoms with Crippen LogP contribution in [-0.4, -0.2) is 29.1 Å². The Morgan fingerprint density at radius 1 is 1.25 bits per heavy atom. The fraction of sp³-hybridized carbons (Fsp3) is 0.375. The van der Waals surface area contributed by atoms with Crippen LogP contribution in [0.25, 0.3) is 11.1 Å². The van der Waals surface area contributed by atoms with E-state index in [1.165, 1.54) is 12.8 Å². The van der Waals surface area contributed by atoms with Crippen molar-refractivity contribution in [2.45, 2.75) is 25.3 Å². The highest BCUT2D eigenvalue weighted by atomic mass is 15.1. The van der Waals surface area contributed by atoms with Crippen LogP contribution in [0, 0.1) is 6.92 Å². The molecule has 2 heterocycles. The molecule has 2 aromatic heterocycles. The molecule has 0 aliphatic heterocycles. The number of hydrogen-bond acceptors (Lipinski definition) is 4. The van der Waals surface area contributed by atoms with E-state index in [0.717, 1.165) is 29.1 Å². The minimum absolute atomic E-state index is 0.293. The molecule has 0 amide bonds. The van der Waals surface area contributed by atoms with E-state index in [2.05, 4.69) is 26.7 Å².